The molecule has 0 unspecified atom stereocenters. The highest BCUT2D eigenvalue weighted by Gasteiger charge is 2.30. The summed E-state index contributed by atoms with van der Waals surface area (Å²) in [5, 5.41) is 2.98. The smallest absolute Gasteiger partial charge is 0.282 e. The van der Waals surface area contributed by atoms with Crippen LogP contribution in [-0.2, 0) is 4.79 Å². The molecule has 8 nitrogen and oxygen atoms in total. The van der Waals surface area contributed by atoms with E-state index >= 15 is 0 Å². The number of rotatable bonds is 4. The van der Waals surface area contributed by atoms with E-state index < -0.39 is 0 Å². The van der Waals surface area contributed by atoms with E-state index in [0.717, 1.165) is 37.8 Å². The van der Waals surface area contributed by atoms with Crippen LogP contribution < -0.4 is 24.6 Å². The second kappa shape index (κ2) is 7.17. The molecular formula is C18H22N5O3+. The quantitative estimate of drug-likeness (QED) is 0.799. The molecule has 26 heavy (non-hydrogen) atoms. The predicted molar refractivity (Wildman–Crippen MR) is 95.6 cm³/mol. The minimum absolute atomic E-state index is 0.00303. The molecule has 1 atom stereocenters. The third kappa shape index (κ3) is 3.41. The molecule has 1 aromatic heterocycles. The number of fused-ring (bicyclic) bond motifs is 1. The lowest BCUT2D eigenvalue weighted by Gasteiger charge is -2.34. The minimum Gasteiger partial charge on any atom is -0.454 e. The molecule has 0 bridgehead atoms. The number of nitrogens with zero attached hydrogens (tertiary/aromatic N) is 3. The van der Waals surface area contributed by atoms with Crippen molar-refractivity contribution < 1.29 is 19.2 Å². The van der Waals surface area contributed by atoms with Gasteiger partial charge in [0.25, 0.3) is 5.91 Å². The number of amides is 1. The SMILES string of the molecule is C[C@@H](C(=O)Nc1ccc2c(c1)OCO2)[NH+]1CCN(c2ncccn2)CC1. The number of aromatic nitrogens is 2. The summed E-state index contributed by atoms with van der Waals surface area (Å²) in [4.78, 5) is 24.6. The van der Waals surface area contributed by atoms with E-state index in [1.54, 1.807) is 18.5 Å². The first kappa shape index (κ1) is 16.6. The zero-order valence-corrected chi connectivity index (χ0v) is 14.6. The standard InChI is InChI=1S/C18H21N5O3/c1-13(17(24)21-14-3-4-15-16(11-14)26-12-25-15)22-7-9-23(10-8-22)18-19-5-2-6-20-18/h2-6,11,13H,7-10,12H2,1H3,(H,21,24)/p+1/t13-/m0/s1. The average Bonchev–Trinajstić information content (AvgIpc) is 3.16. The summed E-state index contributed by atoms with van der Waals surface area (Å²) in [6.07, 6.45) is 3.51. The molecule has 0 aliphatic carbocycles. The zero-order chi connectivity index (χ0) is 17.9. The van der Waals surface area contributed by atoms with E-state index in [2.05, 4.69) is 20.2 Å². The van der Waals surface area contributed by atoms with Crippen molar-refractivity contribution in [3.8, 4) is 11.5 Å². The number of anilines is 2. The zero-order valence-electron chi connectivity index (χ0n) is 14.6. The van der Waals surface area contributed by atoms with Crippen LogP contribution in [0.5, 0.6) is 11.5 Å². The van der Waals surface area contributed by atoms with E-state index in [-0.39, 0.29) is 18.7 Å². The average molecular weight is 356 g/mol. The molecule has 136 valence electrons. The number of nitrogens with one attached hydrogen (secondary N) is 2. The maximum atomic E-state index is 12.6. The number of quaternary nitrogens is 1. The maximum absolute atomic E-state index is 12.6. The summed E-state index contributed by atoms with van der Waals surface area (Å²) in [5.41, 5.74) is 0.724. The fourth-order valence-corrected chi connectivity index (χ4v) is 3.29. The summed E-state index contributed by atoms with van der Waals surface area (Å²) in [6, 6.07) is 7.12. The summed E-state index contributed by atoms with van der Waals surface area (Å²) in [6.45, 7) is 5.60. The van der Waals surface area contributed by atoms with E-state index in [1.807, 2.05) is 25.1 Å². The van der Waals surface area contributed by atoms with Crippen LogP contribution in [0, 0.1) is 0 Å². The van der Waals surface area contributed by atoms with Gasteiger partial charge < -0.3 is 24.6 Å². The van der Waals surface area contributed by atoms with Crippen molar-refractivity contribution in [2.24, 2.45) is 0 Å². The Bertz CT molecular complexity index is 778. The highest BCUT2D eigenvalue weighted by Crippen LogP contribution is 2.34. The van der Waals surface area contributed by atoms with Gasteiger partial charge in [0, 0.05) is 24.1 Å². The second-order valence-electron chi connectivity index (χ2n) is 6.47. The van der Waals surface area contributed by atoms with Crippen LogP contribution in [0.25, 0.3) is 0 Å². The molecule has 2 N–H and O–H groups in total. The molecule has 4 rings (SSSR count). The lowest BCUT2D eigenvalue weighted by atomic mass is 10.2. The molecule has 1 saturated heterocycles. The van der Waals surface area contributed by atoms with Gasteiger partial charge >= 0.3 is 0 Å². The number of ether oxygens (including phenoxy) is 2. The summed E-state index contributed by atoms with van der Waals surface area (Å²) in [5.74, 6) is 2.13. The van der Waals surface area contributed by atoms with Crippen molar-refractivity contribution in [2.45, 2.75) is 13.0 Å². The van der Waals surface area contributed by atoms with Crippen molar-refractivity contribution in [2.75, 3.05) is 43.2 Å². The minimum atomic E-state index is -0.140. The molecule has 0 saturated carbocycles. The monoisotopic (exact) mass is 356 g/mol. The Morgan fingerprint density at radius 3 is 2.69 bits per heavy atom. The first-order valence-electron chi connectivity index (χ1n) is 8.78. The second-order valence-corrected chi connectivity index (χ2v) is 6.47. The van der Waals surface area contributed by atoms with Gasteiger partial charge in [0.1, 0.15) is 0 Å². The number of hydrogen-bond acceptors (Lipinski definition) is 6. The topological polar surface area (TPSA) is 81.0 Å². The van der Waals surface area contributed by atoms with E-state index in [1.165, 1.54) is 4.90 Å². The van der Waals surface area contributed by atoms with Crippen LogP contribution in [0.2, 0.25) is 0 Å². The Morgan fingerprint density at radius 1 is 1.19 bits per heavy atom. The van der Waals surface area contributed by atoms with Crippen molar-refractivity contribution in [1.82, 2.24) is 9.97 Å². The number of carbonyl (C=O) groups excluding carboxylic acids is 1. The van der Waals surface area contributed by atoms with E-state index in [0.29, 0.717) is 11.5 Å². The summed E-state index contributed by atoms with van der Waals surface area (Å²) < 4.78 is 10.6. The lowest BCUT2D eigenvalue weighted by molar-refractivity contribution is -0.914. The van der Waals surface area contributed by atoms with Gasteiger partial charge in [0.15, 0.2) is 17.5 Å². The van der Waals surface area contributed by atoms with Crippen LogP contribution in [0.3, 0.4) is 0 Å². The van der Waals surface area contributed by atoms with Gasteiger partial charge in [0.05, 0.1) is 26.2 Å². The summed E-state index contributed by atoms with van der Waals surface area (Å²) >= 11 is 0. The molecule has 8 heteroatoms. The fourth-order valence-electron chi connectivity index (χ4n) is 3.29. The number of hydrogen-bond donors (Lipinski definition) is 2. The van der Waals surface area contributed by atoms with Gasteiger partial charge in [-0.25, -0.2) is 9.97 Å². The van der Waals surface area contributed by atoms with E-state index in [9.17, 15) is 4.79 Å². The van der Waals surface area contributed by atoms with Crippen molar-refractivity contribution in [3.63, 3.8) is 0 Å². The normalized spacial score (nSPS) is 17.8. The molecule has 0 spiro atoms. The maximum Gasteiger partial charge on any atom is 0.282 e. The van der Waals surface area contributed by atoms with Crippen LogP contribution in [0.1, 0.15) is 6.92 Å². The molecule has 2 aliphatic rings. The molecule has 1 fully saturated rings. The Kier molecular flexibility index (Phi) is 4.57. The largest absolute Gasteiger partial charge is 0.454 e. The first-order chi connectivity index (χ1) is 12.7. The molecule has 0 radical (unpaired) electrons. The lowest BCUT2D eigenvalue weighted by Crippen LogP contribution is -3.19. The van der Waals surface area contributed by atoms with Gasteiger partial charge in [-0.15, -0.1) is 0 Å². The summed E-state index contributed by atoms with van der Waals surface area (Å²) in [7, 11) is 0. The third-order valence-corrected chi connectivity index (χ3v) is 4.89. The van der Waals surface area contributed by atoms with E-state index in [4.69, 9.17) is 9.47 Å². The van der Waals surface area contributed by atoms with Gasteiger partial charge in [-0.3, -0.25) is 4.79 Å². The van der Waals surface area contributed by atoms with Gasteiger partial charge in [-0.05, 0) is 25.1 Å². The predicted octanol–water partition coefficient (Wildman–Crippen LogP) is -0.0626. The Morgan fingerprint density at radius 2 is 1.92 bits per heavy atom. The van der Waals surface area contributed by atoms with Crippen molar-refractivity contribution in [3.05, 3.63) is 36.7 Å². The molecule has 1 amide bonds. The Labute approximate surface area is 151 Å². The Hall–Kier alpha value is -2.87. The van der Waals surface area contributed by atoms with Crippen LogP contribution in [-0.4, -0.2) is 54.9 Å². The van der Waals surface area contributed by atoms with Crippen LogP contribution >= 0.6 is 0 Å². The fraction of sp³-hybridized carbons (Fsp3) is 0.389. The first-order valence-corrected chi connectivity index (χ1v) is 8.78. The molecular weight excluding hydrogens is 334 g/mol. The number of piperazine rings is 1. The van der Waals surface area contributed by atoms with Crippen molar-refractivity contribution >= 4 is 17.5 Å². The van der Waals surface area contributed by atoms with Crippen LogP contribution in [0.4, 0.5) is 11.6 Å². The van der Waals surface area contributed by atoms with Gasteiger partial charge in [-0.1, -0.05) is 0 Å². The highest BCUT2D eigenvalue weighted by molar-refractivity contribution is 5.94. The molecule has 3 heterocycles. The Balaban J connectivity index is 1.33. The van der Waals surface area contributed by atoms with Crippen LogP contribution in [0.15, 0.2) is 36.7 Å². The van der Waals surface area contributed by atoms with Crippen molar-refractivity contribution in [1.29, 1.82) is 0 Å². The van der Waals surface area contributed by atoms with Gasteiger partial charge in [0.2, 0.25) is 12.7 Å². The van der Waals surface area contributed by atoms with Gasteiger partial charge in [-0.2, -0.15) is 0 Å². The molecule has 2 aliphatic heterocycles. The number of carbonyl (C=O) groups is 1. The molecule has 1 aromatic carbocycles. The number of benzene rings is 1. The molecule has 2 aromatic rings. The third-order valence-electron chi connectivity index (χ3n) is 4.89. The highest BCUT2D eigenvalue weighted by atomic mass is 16.7.